The van der Waals surface area contributed by atoms with Crippen molar-refractivity contribution in [3.8, 4) is 0 Å². The summed E-state index contributed by atoms with van der Waals surface area (Å²) in [5.41, 5.74) is 2.08. The lowest BCUT2D eigenvalue weighted by molar-refractivity contribution is -0.149. The molecule has 0 radical (unpaired) electrons. The van der Waals surface area contributed by atoms with E-state index in [2.05, 4.69) is 0 Å². The predicted molar refractivity (Wildman–Crippen MR) is 82.5 cm³/mol. The Kier molecular flexibility index (Phi) is 5.95. The molecule has 1 fully saturated rings. The molecule has 0 spiro atoms. The van der Waals surface area contributed by atoms with Crippen LogP contribution < -0.4 is 0 Å². The van der Waals surface area contributed by atoms with Gasteiger partial charge in [-0.2, -0.15) is 0 Å². The first kappa shape index (κ1) is 16.5. The van der Waals surface area contributed by atoms with E-state index in [4.69, 9.17) is 9.47 Å². The number of amides is 1. The second kappa shape index (κ2) is 7.94. The fourth-order valence-electron chi connectivity index (χ4n) is 2.69. The van der Waals surface area contributed by atoms with Crippen LogP contribution in [-0.4, -0.2) is 49.7 Å². The summed E-state index contributed by atoms with van der Waals surface area (Å²) in [6.07, 6.45) is 1.83. The summed E-state index contributed by atoms with van der Waals surface area (Å²) < 4.78 is 10.1. The molecule has 120 valence electrons. The van der Waals surface area contributed by atoms with Gasteiger partial charge in [-0.1, -0.05) is 24.3 Å². The molecular weight excluding hydrogens is 282 g/mol. The number of aryl methyl sites for hydroxylation is 1. The first-order valence-corrected chi connectivity index (χ1v) is 7.60. The smallest absolute Gasteiger partial charge is 0.325 e. The van der Waals surface area contributed by atoms with Gasteiger partial charge < -0.3 is 14.4 Å². The zero-order valence-electron chi connectivity index (χ0n) is 13.2. The number of benzene rings is 1. The van der Waals surface area contributed by atoms with Crippen molar-refractivity contribution in [3.63, 3.8) is 0 Å². The maximum absolute atomic E-state index is 12.7. The first-order chi connectivity index (χ1) is 10.6. The average molecular weight is 305 g/mol. The molecule has 5 nitrogen and oxygen atoms in total. The third kappa shape index (κ3) is 4.31. The highest BCUT2D eigenvalue weighted by Crippen LogP contribution is 2.17. The van der Waals surface area contributed by atoms with Crippen molar-refractivity contribution in [2.45, 2.75) is 32.2 Å². The Morgan fingerprint density at radius 2 is 1.95 bits per heavy atom. The molecule has 0 aromatic heterocycles. The van der Waals surface area contributed by atoms with Crippen LogP contribution in [0.1, 0.15) is 24.0 Å². The summed E-state index contributed by atoms with van der Waals surface area (Å²) in [6.45, 7) is 3.24. The van der Waals surface area contributed by atoms with E-state index in [0.717, 1.165) is 24.0 Å². The SMILES string of the molecule is COC(=O)CN(C(=O)Cc1ccccc1C)C1CCOCC1. The Bertz CT molecular complexity index is 523. The van der Waals surface area contributed by atoms with Crippen molar-refractivity contribution in [1.82, 2.24) is 4.90 Å². The normalized spacial score (nSPS) is 15.4. The van der Waals surface area contributed by atoms with Gasteiger partial charge >= 0.3 is 5.97 Å². The van der Waals surface area contributed by atoms with Crippen molar-refractivity contribution in [1.29, 1.82) is 0 Å². The lowest BCUT2D eigenvalue weighted by Crippen LogP contribution is -2.47. The molecule has 1 heterocycles. The van der Waals surface area contributed by atoms with Gasteiger partial charge in [0.05, 0.1) is 13.5 Å². The third-order valence-corrected chi connectivity index (χ3v) is 4.08. The summed E-state index contributed by atoms with van der Waals surface area (Å²) in [7, 11) is 1.34. The number of ether oxygens (including phenoxy) is 2. The molecule has 1 amide bonds. The van der Waals surface area contributed by atoms with Crippen molar-refractivity contribution < 1.29 is 19.1 Å². The number of nitrogens with zero attached hydrogens (tertiary/aromatic N) is 1. The molecule has 1 aliphatic rings. The van der Waals surface area contributed by atoms with Gasteiger partial charge in [-0.05, 0) is 30.9 Å². The zero-order chi connectivity index (χ0) is 15.9. The molecule has 1 aromatic carbocycles. The van der Waals surface area contributed by atoms with Gasteiger partial charge in [0.1, 0.15) is 6.54 Å². The number of esters is 1. The van der Waals surface area contributed by atoms with Crippen LogP contribution >= 0.6 is 0 Å². The Morgan fingerprint density at radius 3 is 2.59 bits per heavy atom. The lowest BCUT2D eigenvalue weighted by Gasteiger charge is -2.33. The van der Waals surface area contributed by atoms with E-state index in [1.165, 1.54) is 7.11 Å². The number of carbonyl (C=O) groups is 2. The van der Waals surface area contributed by atoms with E-state index in [0.29, 0.717) is 19.6 Å². The molecule has 1 aromatic rings. The molecule has 1 aliphatic heterocycles. The molecule has 0 bridgehead atoms. The van der Waals surface area contributed by atoms with Gasteiger partial charge in [-0.15, -0.1) is 0 Å². The minimum absolute atomic E-state index is 0.00583. The Hall–Kier alpha value is -1.88. The quantitative estimate of drug-likeness (QED) is 0.777. The van der Waals surface area contributed by atoms with Crippen LogP contribution in [0.3, 0.4) is 0 Å². The van der Waals surface area contributed by atoms with Crippen LogP contribution in [0.4, 0.5) is 0 Å². The molecule has 22 heavy (non-hydrogen) atoms. The van der Waals surface area contributed by atoms with Crippen molar-refractivity contribution in [2.75, 3.05) is 26.9 Å². The van der Waals surface area contributed by atoms with Crippen molar-refractivity contribution >= 4 is 11.9 Å². The maximum Gasteiger partial charge on any atom is 0.325 e. The fourth-order valence-corrected chi connectivity index (χ4v) is 2.69. The number of hydrogen-bond donors (Lipinski definition) is 0. The first-order valence-electron chi connectivity index (χ1n) is 7.60. The molecule has 0 unspecified atom stereocenters. The largest absolute Gasteiger partial charge is 0.468 e. The van der Waals surface area contributed by atoms with Gasteiger partial charge in [0, 0.05) is 19.3 Å². The van der Waals surface area contributed by atoms with E-state index >= 15 is 0 Å². The van der Waals surface area contributed by atoms with Gasteiger partial charge in [-0.25, -0.2) is 0 Å². The molecular formula is C17H23NO4. The second-order valence-electron chi connectivity index (χ2n) is 5.54. The second-order valence-corrected chi connectivity index (χ2v) is 5.54. The summed E-state index contributed by atoms with van der Waals surface area (Å²) in [6, 6.07) is 7.86. The van der Waals surface area contributed by atoms with Crippen LogP contribution in [-0.2, 0) is 25.5 Å². The summed E-state index contributed by atoms with van der Waals surface area (Å²) >= 11 is 0. The Morgan fingerprint density at radius 1 is 1.27 bits per heavy atom. The Labute approximate surface area is 131 Å². The topological polar surface area (TPSA) is 55.8 Å². The van der Waals surface area contributed by atoms with E-state index in [1.54, 1.807) is 4.90 Å². The minimum Gasteiger partial charge on any atom is -0.468 e. The van der Waals surface area contributed by atoms with Crippen molar-refractivity contribution in [2.24, 2.45) is 0 Å². The highest BCUT2D eigenvalue weighted by Gasteiger charge is 2.28. The minimum atomic E-state index is -0.385. The molecule has 1 saturated heterocycles. The van der Waals surface area contributed by atoms with Crippen LogP contribution in [0.5, 0.6) is 0 Å². The van der Waals surface area contributed by atoms with Crippen LogP contribution in [0, 0.1) is 6.92 Å². The summed E-state index contributed by atoms with van der Waals surface area (Å²) in [5.74, 6) is -0.420. The van der Waals surface area contributed by atoms with Crippen LogP contribution in [0.15, 0.2) is 24.3 Å². The summed E-state index contributed by atoms with van der Waals surface area (Å²) in [5, 5.41) is 0. The summed E-state index contributed by atoms with van der Waals surface area (Å²) in [4.78, 5) is 26.0. The van der Waals surface area contributed by atoms with Gasteiger partial charge in [0.15, 0.2) is 0 Å². The predicted octanol–water partition coefficient (Wildman–Crippen LogP) is 1.72. The molecule has 2 rings (SSSR count). The van der Waals surface area contributed by atoms with E-state index < -0.39 is 0 Å². The molecule has 0 aliphatic carbocycles. The zero-order valence-corrected chi connectivity index (χ0v) is 13.2. The van der Waals surface area contributed by atoms with Gasteiger partial charge in [0.25, 0.3) is 0 Å². The fraction of sp³-hybridized carbons (Fsp3) is 0.529. The van der Waals surface area contributed by atoms with Gasteiger partial charge in [0.2, 0.25) is 5.91 Å². The molecule has 0 atom stereocenters. The number of hydrogen-bond acceptors (Lipinski definition) is 4. The van der Waals surface area contributed by atoms with Gasteiger partial charge in [-0.3, -0.25) is 9.59 Å². The van der Waals surface area contributed by atoms with Crippen molar-refractivity contribution in [3.05, 3.63) is 35.4 Å². The maximum atomic E-state index is 12.7. The van der Waals surface area contributed by atoms with Crippen LogP contribution in [0.2, 0.25) is 0 Å². The highest BCUT2D eigenvalue weighted by molar-refractivity contribution is 5.84. The third-order valence-electron chi connectivity index (χ3n) is 4.08. The van der Waals surface area contributed by atoms with E-state index in [9.17, 15) is 9.59 Å². The van der Waals surface area contributed by atoms with E-state index in [-0.39, 0.29) is 24.5 Å². The highest BCUT2D eigenvalue weighted by atomic mass is 16.5. The average Bonchev–Trinajstić information content (AvgIpc) is 2.55. The number of rotatable bonds is 5. The standard InChI is InChI=1S/C17H23NO4/c1-13-5-3-4-6-14(13)11-16(19)18(12-17(20)21-2)15-7-9-22-10-8-15/h3-6,15H,7-12H2,1-2H3. The Balaban J connectivity index is 2.10. The van der Waals surface area contributed by atoms with E-state index in [1.807, 2.05) is 31.2 Å². The van der Waals surface area contributed by atoms with Crippen LogP contribution in [0.25, 0.3) is 0 Å². The number of methoxy groups -OCH3 is 1. The molecule has 0 N–H and O–H groups in total. The number of carbonyl (C=O) groups excluding carboxylic acids is 2. The monoisotopic (exact) mass is 305 g/mol. The molecule has 0 saturated carbocycles. The lowest BCUT2D eigenvalue weighted by atomic mass is 10.0. The molecule has 5 heteroatoms.